The summed E-state index contributed by atoms with van der Waals surface area (Å²) in [5, 5.41) is 0. The SMILES string of the molecule is CCCCOc1c2n3c(cc1=O)CCC3C1O[C@H](C)CN1C2=O. The highest BCUT2D eigenvalue weighted by atomic mass is 16.5. The van der Waals surface area contributed by atoms with Gasteiger partial charge in [0.2, 0.25) is 5.43 Å². The second-order valence-electron chi connectivity index (χ2n) is 6.65. The van der Waals surface area contributed by atoms with Gasteiger partial charge in [-0.3, -0.25) is 9.59 Å². The van der Waals surface area contributed by atoms with Crippen LogP contribution in [0.5, 0.6) is 5.75 Å². The molecule has 0 N–H and O–H groups in total. The van der Waals surface area contributed by atoms with Crippen molar-refractivity contribution in [2.75, 3.05) is 13.2 Å². The van der Waals surface area contributed by atoms with Crippen LogP contribution in [0, 0.1) is 0 Å². The lowest BCUT2D eigenvalue weighted by Crippen LogP contribution is -2.48. The fraction of sp³-hybridized carbons (Fsp3) is 0.647. The van der Waals surface area contributed by atoms with Crippen LogP contribution in [-0.2, 0) is 11.2 Å². The zero-order valence-electron chi connectivity index (χ0n) is 13.6. The van der Waals surface area contributed by atoms with E-state index in [1.165, 1.54) is 0 Å². The van der Waals surface area contributed by atoms with Gasteiger partial charge in [0.15, 0.2) is 17.7 Å². The van der Waals surface area contributed by atoms with E-state index in [-0.39, 0.29) is 35.5 Å². The summed E-state index contributed by atoms with van der Waals surface area (Å²) in [6.45, 7) is 5.09. The number of hydrogen-bond donors (Lipinski definition) is 0. The summed E-state index contributed by atoms with van der Waals surface area (Å²) in [5.41, 5.74) is 1.18. The van der Waals surface area contributed by atoms with Gasteiger partial charge in [-0.25, -0.2) is 0 Å². The van der Waals surface area contributed by atoms with E-state index >= 15 is 0 Å². The number of pyridine rings is 1. The van der Waals surface area contributed by atoms with Crippen molar-refractivity contribution in [2.45, 2.75) is 57.9 Å². The molecule has 1 fully saturated rings. The molecule has 4 rings (SSSR count). The number of carbonyl (C=O) groups excluding carboxylic acids is 1. The number of aromatic nitrogens is 1. The topological polar surface area (TPSA) is 60.8 Å². The number of rotatable bonds is 4. The van der Waals surface area contributed by atoms with E-state index < -0.39 is 0 Å². The summed E-state index contributed by atoms with van der Waals surface area (Å²) in [5.74, 6) is 0.0834. The van der Waals surface area contributed by atoms with E-state index in [1.54, 1.807) is 11.0 Å². The lowest BCUT2D eigenvalue weighted by atomic mass is 10.1. The van der Waals surface area contributed by atoms with Crippen LogP contribution in [0.3, 0.4) is 0 Å². The highest BCUT2D eigenvalue weighted by Gasteiger charge is 2.49. The fourth-order valence-electron chi connectivity index (χ4n) is 3.95. The number of hydrogen-bond acceptors (Lipinski definition) is 4. The van der Waals surface area contributed by atoms with Gasteiger partial charge in [0.25, 0.3) is 5.91 Å². The van der Waals surface area contributed by atoms with E-state index in [0.29, 0.717) is 18.8 Å². The lowest BCUT2D eigenvalue weighted by Gasteiger charge is -2.36. The molecule has 124 valence electrons. The molecule has 3 atom stereocenters. The molecule has 2 unspecified atom stereocenters. The number of ether oxygens (including phenoxy) is 2. The largest absolute Gasteiger partial charge is 0.487 e. The lowest BCUT2D eigenvalue weighted by molar-refractivity contribution is -0.0309. The normalized spacial score (nSPS) is 28.0. The Labute approximate surface area is 135 Å². The molecule has 23 heavy (non-hydrogen) atoms. The molecule has 1 saturated heterocycles. The molecule has 0 radical (unpaired) electrons. The fourth-order valence-corrected chi connectivity index (χ4v) is 3.95. The first-order valence-corrected chi connectivity index (χ1v) is 8.49. The molecule has 1 aromatic heterocycles. The van der Waals surface area contributed by atoms with Gasteiger partial charge in [-0.05, 0) is 26.2 Å². The Morgan fingerprint density at radius 3 is 3.00 bits per heavy atom. The van der Waals surface area contributed by atoms with Crippen molar-refractivity contribution >= 4 is 5.91 Å². The maximum Gasteiger partial charge on any atom is 0.276 e. The van der Waals surface area contributed by atoms with Crippen LogP contribution < -0.4 is 10.2 Å². The molecule has 6 nitrogen and oxygen atoms in total. The van der Waals surface area contributed by atoms with E-state index in [2.05, 4.69) is 6.92 Å². The summed E-state index contributed by atoms with van der Waals surface area (Å²) in [6.07, 6.45) is 3.36. The molecule has 0 saturated carbocycles. The van der Waals surface area contributed by atoms with Crippen molar-refractivity contribution in [1.29, 1.82) is 0 Å². The average molecular weight is 318 g/mol. The molecule has 6 heteroatoms. The number of aryl methyl sites for hydroxylation is 1. The number of unbranched alkanes of at least 4 members (excludes halogenated alkanes) is 1. The Morgan fingerprint density at radius 2 is 2.22 bits per heavy atom. The van der Waals surface area contributed by atoms with E-state index in [9.17, 15) is 9.59 Å². The van der Waals surface area contributed by atoms with Gasteiger partial charge < -0.3 is 18.9 Å². The number of amides is 1. The molecule has 0 spiro atoms. The zero-order valence-corrected chi connectivity index (χ0v) is 13.6. The minimum Gasteiger partial charge on any atom is -0.487 e. The molecule has 4 heterocycles. The molecular formula is C17H22N2O4. The Morgan fingerprint density at radius 1 is 1.39 bits per heavy atom. The Bertz CT molecular complexity index is 711. The standard InChI is InChI=1S/C17H22N2O4/c1-3-4-7-22-15-13(20)8-11-5-6-12-17-18(9-10(2)23-17)16(21)14(15)19(11)12/h8,10,12,17H,3-7,9H2,1-2H3/t10-,12?,17?/m1/s1. The first-order valence-electron chi connectivity index (χ1n) is 8.49. The Balaban J connectivity index is 1.82. The molecule has 0 aliphatic carbocycles. The van der Waals surface area contributed by atoms with Crippen LogP contribution in [0.4, 0.5) is 0 Å². The molecular weight excluding hydrogens is 296 g/mol. The highest BCUT2D eigenvalue weighted by Crippen LogP contribution is 2.42. The first-order chi connectivity index (χ1) is 11.1. The van der Waals surface area contributed by atoms with E-state index in [1.807, 2.05) is 11.5 Å². The predicted octanol–water partition coefficient (Wildman–Crippen LogP) is 1.72. The van der Waals surface area contributed by atoms with Gasteiger partial charge in [-0.2, -0.15) is 0 Å². The number of carbonyl (C=O) groups is 1. The first kappa shape index (κ1) is 14.8. The third-order valence-corrected chi connectivity index (χ3v) is 4.98. The van der Waals surface area contributed by atoms with Crippen LogP contribution in [0.1, 0.15) is 55.3 Å². The minimum absolute atomic E-state index is 0.0269. The van der Waals surface area contributed by atoms with Gasteiger partial charge >= 0.3 is 0 Å². The summed E-state index contributed by atoms with van der Waals surface area (Å²) < 4.78 is 13.7. The summed E-state index contributed by atoms with van der Waals surface area (Å²) in [4.78, 5) is 27.2. The maximum absolute atomic E-state index is 13.0. The smallest absolute Gasteiger partial charge is 0.276 e. The monoisotopic (exact) mass is 318 g/mol. The molecule has 1 amide bonds. The second kappa shape index (κ2) is 5.37. The third-order valence-electron chi connectivity index (χ3n) is 4.98. The summed E-state index contributed by atoms with van der Waals surface area (Å²) in [7, 11) is 0. The van der Waals surface area contributed by atoms with E-state index in [0.717, 1.165) is 31.4 Å². The summed E-state index contributed by atoms with van der Waals surface area (Å²) in [6, 6.07) is 1.73. The minimum atomic E-state index is -0.211. The quantitative estimate of drug-likeness (QED) is 0.793. The van der Waals surface area contributed by atoms with Crippen molar-refractivity contribution in [3.63, 3.8) is 0 Å². The highest BCUT2D eigenvalue weighted by molar-refractivity contribution is 5.96. The van der Waals surface area contributed by atoms with Gasteiger partial charge in [0.05, 0.1) is 18.8 Å². The maximum atomic E-state index is 13.0. The van der Waals surface area contributed by atoms with Crippen LogP contribution in [0.15, 0.2) is 10.9 Å². The summed E-state index contributed by atoms with van der Waals surface area (Å²) >= 11 is 0. The number of nitrogens with zero attached hydrogens (tertiary/aromatic N) is 2. The third kappa shape index (κ3) is 2.11. The van der Waals surface area contributed by atoms with Crippen molar-refractivity contribution in [3.8, 4) is 5.75 Å². The van der Waals surface area contributed by atoms with Crippen molar-refractivity contribution in [3.05, 3.63) is 27.7 Å². The molecule has 0 aromatic carbocycles. The van der Waals surface area contributed by atoms with Crippen LogP contribution in [-0.4, -0.2) is 40.9 Å². The van der Waals surface area contributed by atoms with Gasteiger partial charge in [-0.1, -0.05) is 13.3 Å². The van der Waals surface area contributed by atoms with Gasteiger partial charge in [0.1, 0.15) is 0 Å². The average Bonchev–Trinajstić information content (AvgIpc) is 3.10. The molecule has 3 aliphatic rings. The Kier molecular flexibility index (Phi) is 3.44. The van der Waals surface area contributed by atoms with Crippen LogP contribution in [0.25, 0.3) is 0 Å². The van der Waals surface area contributed by atoms with Gasteiger partial charge in [-0.15, -0.1) is 0 Å². The predicted molar refractivity (Wildman–Crippen MR) is 83.8 cm³/mol. The zero-order chi connectivity index (χ0) is 16.1. The molecule has 1 aromatic rings. The van der Waals surface area contributed by atoms with Crippen molar-refractivity contribution in [1.82, 2.24) is 9.47 Å². The molecule has 3 aliphatic heterocycles. The van der Waals surface area contributed by atoms with Crippen molar-refractivity contribution in [2.24, 2.45) is 0 Å². The van der Waals surface area contributed by atoms with Gasteiger partial charge in [0, 0.05) is 18.3 Å². The van der Waals surface area contributed by atoms with Crippen LogP contribution in [0.2, 0.25) is 0 Å². The van der Waals surface area contributed by atoms with Crippen LogP contribution >= 0.6 is 0 Å². The van der Waals surface area contributed by atoms with E-state index in [4.69, 9.17) is 9.47 Å². The molecule has 0 bridgehead atoms. The van der Waals surface area contributed by atoms with Crippen molar-refractivity contribution < 1.29 is 14.3 Å². The number of fused-ring (bicyclic) bond motifs is 2. The second-order valence-corrected chi connectivity index (χ2v) is 6.65. The Hall–Kier alpha value is -1.82.